The Morgan fingerprint density at radius 1 is 1.15 bits per heavy atom. The third-order valence-corrected chi connectivity index (χ3v) is 6.84. The summed E-state index contributed by atoms with van der Waals surface area (Å²) in [6, 6.07) is 4.09. The van der Waals surface area contributed by atoms with Crippen molar-refractivity contribution in [2.75, 3.05) is 13.2 Å². The van der Waals surface area contributed by atoms with Gasteiger partial charge in [0.15, 0.2) is 12.1 Å². The summed E-state index contributed by atoms with van der Waals surface area (Å²) in [5.74, 6) is -0.929. The fourth-order valence-corrected chi connectivity index (χ4v) is 6.04. The van der Waals surface area contributed by atoms with Crippen molar-refractivity contribution in [1.29, 1.82) is 0 Å². The first-order valence-electron chi connectivity index (χ1n) is 9.20. The molecule has 0 unspecified atom stereocenters. The number of halogens is 1. The number of hydrogen-bond donors (Lipinski definition) is 1. The molecule has 1 aromatic carbocycles. The summed E-state index contributed by atoms with van der Waals surface area (Å²) < 4.78 is 18.5. The molecule has 6 heteroatoms. The number of Topliss-reactive ketones (excluding diaryl/α,β-unsaturated/α-hetero) is 1. The minimum atomic E-state index is -0.996. The number of aryl methyl sites for hydroxylation is 3. The van der Waals surface area contributed by atoms with E-state index in [2.05, 4.69) is 15.9 Å². The predicted molar refractivity (Wildman–Crippen MR) is 102 cm³/mol. The lowest BCUT2D eigenvalue weighted by Gasteiger charge is -2.33. The number of ether oxygens (including phenoxy) is 3. The predicted octanol–water partition coefficient (Wildman–Crippen LogP) is 3.50. The Hall–Kier alpha value is -1.47. The highest BCUT2D eigenvalue weighted by molar-refractivity contribution is 9.11. The summed E-state index contributed by atoms with van der Waals surface area (Å²) in [5.41, 5.74) is 3.37. The molecule has 0 saturated carbocycles. The molecule has 2 saturated heterocycles. The maximum absolute atomic E-state index is 13.6. The molecule has 2 fully saturated rings. The molecule has 5 nitrogen and oxygen atoms in total. The fraction of sp³-hybridized carbons (Fsp3) is 0.476. The van der Waals surface area contributed by atoms with Gasteiger partial charge in [0, 0.05) is 4.48 Å². The van der Waals surface area contributed by atoms with Crippen molar-refractivity contribution in [3.05, 3.63) is 50.7 Å². The van der Waals surface area contributed by atoms with E-state index in [1.54, 1.807) is 0 Å². The first-order chi connectivity index (χ1) is 12.8. The number of aliphatic hydroxyl groups excluding tert-OH is 1. The lowest BCUT2D eigenvalue weighted by Crippen LogP contribution is -2.49. The van der Waals surface area contributed by atoms with E-state index in [9.17, 15) is 9.90 Å². The molecule has 142 valence electrons. The maximum atomic E-state index is 13.6. The fourth-order valence-electron chi connectivity index (χ4n) is 5.30. The second-order valence-electron chi connectivity index (χ2n) is 7.90. The highest BCUT2D eigenvalue weighted by atomic mass is 79.9. The number of benzene rings is 1. The van der Waals surface area contributed by atoms with Crippen LogP contribution >= 0.6 is 15.9 Å². The van der Waals surface area contributed by atoms with Crippen LogP contribution in [0, 0.1) is 32.6 Å². The summed E-state index contributed by atoms with van der Waals surface area (Å²) in [4.78, 5) is 13.6. The molecule has 0 amide bonds. The van der Waals surface area contributed by atoms with Gasteiger partial charge in [0.1, 0.15) is 17.5 Å². The zero-order chi connectivity index (χ0) is 19.1. The molecule has 5 rings (SSSR count). The van der Waals surface area contributed by atoms with E-state index in [0.29, 0.717) is 18.8 Å². The summed E-state index contributed by atoms with van der Waals surface area (Å²) in [6.07, 6.45) is 0.870. The van der Waals surface area contributed by atoms with Gasteiger partial charge in [-0.05, 0) is 43.5 Å². The molecule has 4 aliphatic rings. The minimum Gasteiger partial charge on any atom is -0.511 e. The van der Waals surface area contributed by atoms with Crippen LogP contribution in [-0.4, -0.2) is 42.1 Å². The quantitative estimate of drug-likeness (QED) is 0.774. The lowest BCUT2D eigenvalue weighted by atomic mass is 9.75. The van der Waals surface area contributed by atoms with E-state index < -0.39 is 29.8 Å². The lowest BCUT2D eigenvalue weighted by molar-refractivity contribution is -0.179. The molecule has 1 aromatic rings. The van der Waals surface area contributed by atoms with Crippen LogP contribution in [-0.2, 0) is 19.0 Å². The average molecular weight is 433 g/mol. The summed E-state index contributed by atoms with van der Waals surface area (Å²) in [5, 5.41) is 11.1. The molecule has 0 radical (unpaired) electrons. The molecule has 1 N–H and O–H groups in total. The molecular formula is C21H21BrO5. The van der Waals surface area contributed by atoms with Gasteiger partial charge in [-0.3, -0.25) is 4.79 Å². The van der Waals surface area contributed by atoms with Crippen molar-refractivity contribution in [1.82, 2.24) is 0 Å². The standard InChI is InChI=1S/C21H21BrO5/c1-9-6-10(2)13(11(3)7-9)14-17(23)15-16(18(14)24)21(20-25-4-5-26-20)8-12(22)19(15)27-21/h6-8,15-16,19-20,23H,4-5H2,1-3H3/t15-,16+,19-,21+/m0/s1. The Kier molecular flexibility index (Phi) is 3.76. The SMILES string of the molecule is Cc1cc(C)c(C2=C(O)[C@H]3[C@H]4O[C@](C5OCCO5)(C=C4Br)[C@H]3C2=O)c(C)c1. The van der Waals surface area contributed by atoms with Crippen LogP contribution < -0.4 is 0 Å². The highest BCUT2D eigenvalue weighted by Crippen LogP contribution is 2.61. The van der Waals surface area contributed by atoms with Crippen molar-refractivity contribution in [3.63, 3.8) is 0 Å². The molecule has 4 atom stereocenters. The Labute approximate surface area is 166 Å². The zero-order valence-electron chi connectivity index (χ0n) is 15.4. The van der Waals surface area contributed by atoms with Gasteiger partial charge in [-0.2, -0.15) is 0 Å². The molecule has 27 heavy (non-hydrogen) atoms. The number of aliphatic hydroxyl groups is 1. The first kappa shape index (κ1) is 17.6. The van der Waals surface area contributed by atoms with Crippen molar-refractivity contribution < 1.29 is 24.1 Å². The summed E-state index contributed by atoms with van der Waals surface area (Å²) in [6.45, 7) is 6.94. The number of allylic oxidation sites excluding steroid dienone is 1. The second kappa shape index (κ2) is 5.77. The van der Waals surface area contributed by atoms with Gasteiger partial charge in [0.05, 0.1) is 30.6 Å². The molecule has 1 aliphatic carbocycles. The number of ketones is 1. The molecule has 0 aromatic heterocycles. The van der Waals surface area contributed by atoms with Crippen LogP contribution in [0.5, 0.6) is 0 Å². The number of rotatable bonds is 2. The van der Waals surface area contributed by atoms with E-state index in [0.717, 1.165) is 26.7 Å². The van der Waals surface area contributed by atoms with E-state index in [-0.39, 0.29) is 11.5 Å². The molecule has 0 spiro atoms. The monoisotopic (exact) mass is 432 g/mol. The Bertz CT molecular complexity index is 903. The van der Waals surface area contributed by atoms with Crippen molar-refractivity contribution in [3.8, 4) is 0 Å². The van der Waals surface area contributed by atoms with E-state index in [4.69, 9.17) is 14.2 Å². The normalized spacial score (nSPS) is 35.3. The van der Waals surface area contributed by atoms with Crippen LogP contribution in [0.2, 0.25) is 0 Å². The Morgan fingerprint density at radius 2 is 1.78 bits per heavy atom. The summed E-state index contributed by atoms with van der Waals surface area (Å²) >= 11 is 3.56. The number of carbonyl (C=O) groups is 1. The zero-order valence-corrected chi connectivity index (χ0v) is 17.0. The number of carbonyl (C=O) groups excluding carboxylic acids is 1. The highest BCUT2D eigenvalue weighted by Gasteiger charge is 2.70. The Balaban J connectivity index is 1.66. The van der Waals surface area contributed by atoms with Gasteiger partial charge in [0.25, 0.3) is 0 Å². The smallest absolute Gasteiger partial charge is 0.191 e. The largest absolute Gasteiger partial charge is 0.511 e. The van der Waals surface area contributed by atoms with Crippen molar-refractivity contribution in [2.24, 2.45) is 11.8 Å². The Morgan fingerprint density at radius 3 is 2.41 bits per heavy atom. The number of hydrogen-bond acceptors (Lipinski definition) is 5. The van der Waals surface area contributed by atoms with Gasteiger partial charge < -0.3 is 19.3 Å². The third kappa shape index (κ3) is 2.18. The molecular weight excluding hydrogens is 412 g/mol. The minimum absolute atomic E-state index is 0.0922. The van der Waals surface area contributed by atoms with E-state index in [1.165, 1.54) is 0 Å². The van der Waals surface area contributed by atoms with Crippen LogP contribution in [0.4, 0.5) is 0 Å². The second-order valence-corrected chi connectivity index (χ2v) is 8.81. The van der Waals surface area contributed by atoms with Crippen molar-refractivity contribution in [2.45, 2.75) is 38.8 Å². The van der Waals surface area contributed by atoms with E-state index >= 15 is 0 Å². The van der Waals surface area contributed by atoms with E-state index in [1.807, 2.05) is 39.0 Å². The van der Waals surface area contributed by atoms with Gasteiger partial charge in [-0.1, -0.05) is 33.6 Å². The van der Waals surface area contributed by atoms with Crippen molar-refractivity contribution >= 4 is 27.3 Å². The summed E-state index contributed by atoms with van der Waals surface area (Å²) in [7, 11) is 0. The van der Waals surface area contributed by atoms with Crippen LogP contribution in [0.15, 0.2) is 28.5 Å². The maximum Gasteiger partial charge on any atom is 0.191 e. The van der Waals surface area contributed by atoms with Gasteiger partial charge >= 0.3 is 0 Å². The van der Waals surface area contributed by atoms with Gasteiger partial charge in [0.2, 0.25) is 0 Å². The molecule has 3 heterocycles. The third-order valence-electron chi connectivity index (χ3n) is 6.16. The van der Waals surface area contributed by atoms with Gasteiger partial charge in [-0.25, -0.2) is 0 Å². The topological polar surface area (TPSA) is 65.0 Å². The van der Waals surface area contributed by atoms with Crippen LogP contribution in [0.25, 0.3) is 5.57 Å². The molecule has 3 aliphatic heterocycles. The first-order valence-corrected chi connectivity index (χ1v) is 9.99. The van der Waals surface area contributed by atoms with Crippen LogP contribution in [0.3, 0.4) is 0 Å². The molecule has 2 bridgehead atoms. The number of fused-ring (bicyclic) bond motifs is 5. The van der Waals surface area contributed by atoms with Gasteiger partial charge in [-0.15, -0.1) is 0 Å². The van der Waals surface area contributed by atoms with Crippen LogP contribution in [0.1, 0.15) is 22.3 Å². The average Bonchev–Trinajstić information content (AvgIpc) is 3.32.